The third-order valence-electron chi connectivity index (χ3n) is 6.34. The predicted molar refractivity (Wildman–Crippen MR) is 101 cm³/mol. The van der Waals surface area contributed by atoms with Gasteiger partial charge in [-0.3, -0.25) is 9.59 Å². The molecule has 2 bridgehead atoms. The average Bonchev–Trinajstić information content (AvgIpc) is 2.91. The van der Waals surface area contributed by atoms with Gasteiger partial charge in [0, 0.05) is 21.2 Å². The second-order valence-corrected chi connectivity index (χ2v) is 8.69. The van der Waals surface area contributed by atoms with Crippen LogP contribution >= 0.6 is 15.9 Å². The van der Waals surface area contributed by atoms with Crippen LogP contribution in [0.25, 0.3) is 0 Å². The Bertz CT molecular complexity index is 727. The van der Waals surface area contributed by atoms with Crippen LogP contribution in [0.1, 0.15) is 50.4 Å². The van der Waals surface area contributed by atoms with Gasteiger partial charge in [0.15, 0.2) is 0 Å². The van der Waals surface area contributed by atoms with Gasteiger partial charge in [-0.05, 0) is 54.9 Å². The van der Waals surface area contributed by atoms with Crippen LogP contribution in [0.3, 0.4) is 0 Å². The molecular weight excluding hydrogens is 382 g/mol. The molecule has 0 aromatic heterocycles. The monoisotopic (exact) mass is 405 g/mol. The molecule has 0 saturated heterocycles. The fraction of sp³-hybridized carbons (Fsp3) is 0.526. The molecule has 2 amide bonds. The molecule has 134 valence electrons. The van der Waals surface area contributed by atoms with Crippen LogP contribution in [-0.4, -0.2) is 24.1 Å². The Morgan fingerprint density at radius 1 is 1.24 bits per heavy atom. The van der Waals surface area contributed by atoms with E-state index in [1.54, 1.807) is 24.3 Å². The number of amides is 2. The molecule has 1 aromatic rings. The lowest BCUT2D eigenvalue weighted by Crippen LogP contribution is -2.37. The van der Waals surface area contributed by atoms with Gasteiger partial charge in [0.25, 0.3) is 11.8 Å². The highest BCUT2D eigenvalue weighted by molar-refractivity contribution is 9.10. The molecule has 6 heteroatoms. The number of benzene rings is 1. The van der Waals surface area contributed by atoms with E-state index in [-0.39, 0.29) is 29.2 Å². The standard InChI is InChI=1S/C19H24BrN3O2/c1-18(2)13-8-9-19(18,3)15(10-13)22-23-16(24)11-21-17(25)12-4-6-14(20)7-5-12/h4-7,13H,8-11H2,1-3H3,(H,21,25)(H,23,24)/b22-15+/t13-,19+/m0/s1. The van der Waals surface area contributed by atoms with Crippen molar-refractivity contribution in [2.24, 2.45) is 21.8 Å². The van der Waals surface area contributed by atoms with E-state index < -0.39 is 0 Å². The normalized spacial score (nSPS) is 28.2. The van der Waals surface area contributed by atoms with Crippen molar-refractivity contribution in [3.05, 3.63) is 34.3 Å². The van der Waals surface area contributed by atoms with E-state index in [9.17, 15) is 9.59 Å². The van der Waals surface area contributed by atoms with Crippen molar-refractivity contribution < 1.29 is 9.59 Å². The molecule has 2 aliphatic carbocycles. The van der Waals surface area contributed by atoms with Crippen molar-refractivity contribution in [1.29, 1.82) is 0 Å². The van der Waals surface area contributed by atoms with E-state index in [1.165, 1.54) is 6.42 Å². The van der Waals surface area contributed by atoms with Crippen LogP contribution in [0, 0.1) is 16.7 Å². The molecule has 25 heavy (non-hydrogen) atoms. The first-order valence-corrected chi connectivity index (χ1v) is 9.43. The smallest absolute Gasteiger partial charge is 0.259 e. The summed E-state index contributed by atoms with van der Waals surface area (Å²) in [6.45, 7) is 6.76. The highest BCUT2D eigenvalue weighted by atomic mass is 79.9. The summed E-state index contributed by atoms with van der Waals surface area (Å²) in [4.78, 5) is 24.0. The molecule has 2 fully saturated rings. The lowest BCUT2D eigenvalue weighted by Gasteiger charge is -2.34. The van der Waals surface area contributed by atoms with E-state index in [2.05, 4.69) is 52.5 Å². The molecule has 0 unspecified atom stereocenters. The first-order chi connectivity index (χ1) is 11.7. The Morgan fingerprint density at radius 3 is 2.48 bits per heavy atom. The van der Waals surface area contributed by atoms with Crippen LogP contribution in [0.4, 0.5) is 0 Å². The largest absolute Gasteiger partial charge is 0.343 e. The Kier molecular flexibility index (Phi) is 4.75. The zero-order valence-corrected chi connectivity index (χ0v) is 16.4. The first-order valence-electron chi connectivity index (χ1n) is 8.64. The number of nitrogens with zero attached hydrogens (tertiary/aromatic N) is 1. The maximum atomic E-state index is 12.0. The summed E-state index contributed by atoms with van der Waals surface area (Å²) in [5.41, 5.74) is 4.51. The molecule has 2 aliphatic rings. The third kappa shape index (κ3) is 3.24. The molecule has 0 aliphatic heterocycles. The van der Waals surface area contributed by atoms with Crippen molar-refractivity contribution in [3.63, 3.8) is 0 Å². The van der Waals surface area contributed by atoms with Gasteiger partial charge in [0.1, 0.15) is 0 Å². The maximum absolute atomic E-state index is 12.0. The Hall–Kier alpha value is -1.69. The van der Waals surface area contributed by atoms with Crippen molar-refractivity contribution in [1.82, 2.24) is 10.7 Å². The summed E-state index contributed by atoms with van der Waals surface area (Å²) in [7, 11) is 0. The number of rotatable bonds is 4. The third-order valence-corrected chi connectivity index (χ3v) is 6.87. The van der Waals surface area contributed by atoms with Crippen LogP contribution in [-0.2, 0) is 4.79 Å². The Morgan fingerprint density at radius 2 is 1.92 bits per heavy atom. The molecule has 0 radical (unpaired) electrons. The quantitative estimate of drug-likeness (QED) is 0.752. The van der Waals surface area contributed by atoms with E-state index >= 15 is 0 Å². The fourth-order valence-corrected chi connectivity index (χ4v) is 4.40. The topological polar surface area (TPSA) is 70.6 Å². The zero-order valence-electron chi connectivity index (χ0n) is 14.9. The molecule has 2 saturated carbocycles. The van der Waals surface area contributed by atoms with Crippen molar-refractivity contribution in [2.75, 3.05) is 6.54 Å². The van der Waals surface area contributed by atoms with Gasteiger partial charge in [-0.2, -0.15) is 5.10 Å². The second kappa shape index (κ2) is 6.56. The highest BCUT2D eigenvalue weighted by Crippen LogP contribution is 2.63. The van der Waals surface area contributed by atoms with Gasteiger partial charge in [-0.25, -0.2) is 5.43 Å². The van der Waals surface area contributed by atoms with Gasteiger partial charge in [-0.15, -0.1) is 0 Å². The second-order valence-electron chi connectivity index (χ2n) is 7.78. The summed E-state index contributed by atoms with van der Waals surface area (Å²) in [6, 6.07) is 6.99. The molecule has 1 aromatic carbocycles. The van der Waals surface area contributed by atoms with Crippen LogP contribution in [0.5, 0.6) is 0 Å². The number of hydrogen-bond donors (Lipinski definition) is 2. The number of carbonyl (C=O) groups excluding carboxylic acids is 2. The van der Waals surface area contributed by atoms with E-state index in [0.717, 1.165) is 23.0 Å². The fourth-order valence-electron chi connectivity index (χ4n) is 4.13. The molecule has 2 atom stereocenters. The minimum Gasteiger partial charge on any atom is -0.343 e. The predicted octanol–water partition coefficient (Wildman–Crippen LogP) is 3.50. The van der Waals surface area contributed by atoms with Gasteiger partial charge in [0.05, 0.1) is 6.54 Å². The molecule has 0 heterocycles. The minimum atomic E-state index is -0.304. The molecular formula is C19H24BrN3O2. The summed E-state index contributed by atoms with van der Waals surface area (Å²) in [5.74, 6) is 0.0655. The number of carbonyl (C=O) groups is 2. The van der Waals surface area contributed by atoms with E-state index in [1.807, 2.05) is 0 Å². The van der Waals surface area contributed by atoms with Gasteiger partial charge in [-0.1, -0.05) is 36.7 Å². The maximum Gasteiger partial charge on any atom is 0.259 e. The van der Waals surface area contributed by atoms with Crippen LogP contribution in [0.2, 0.25) is 0 Å². The van der Waals surface area contributed by atoms with E-state index in [4.69, 9.17) is 0 Å². The number of halogens is 1. The number of nitrogens with one attached hydrogen (secondary N) is 2. The molecule has 5 nitrogen and oxygen atoms in total. The van der Waals surface area contributed by atoms with Gasteiger partial charge < -0.3 is 5.32 Å². The lowest BCUT2D eigenvalue weighted by atomic mass is 9.70. The van der Waals surface area contributed by atoms with Gasteiger partial charge in [0.2, 0.25) is 0 Å². The molecule has 3 rings (SSSR count). The minimum absolute atomic E-state index is 0.0611. The Balaban J connectivity index is 1.54. The Labute approximate surface area is 156 Å². The van der Waals surface area contributed by atoms with E-state index in [0.29, 0.717) is 11.5 Å². The number of fused-ring (bicyclic) bond motifs is 2. The molecule has 2 N–H and O–H groups in total. The summed E-state index contributed by atoms with van der Waals surface area (Å²) in [5, 5.41) is 7.01. The summed E-state index contributed by atoms with van der Waals surface area (Å²) >= 11 is 3.32. The van der Waals surface area contributed by atoms with Crippen molar-refractivity contribution >= 4 is 33.5 Å². The lowest BCUT2D eigenvalue weighted by molar-refractivity contribution is -0.120. The number of hydrazone groups is 1. The highest BCUT2D eigenvalue weighted by Gasteiger charge is 2.59. The van der Waals surface area contributed by atoms with Gasteiger partial charge >= 0.3 is 0 Å². The molecule has 0 spiro atoms. The summed E-state index contributed by atoms with van der Waals surface area (Å²) in [6.07, 6.45) is 3.31. The first kappa shape index (κ1) is 18.1. The zero-order chi connectivity index (χ0) is 18.2. The SMILES string of the molecule is CC1(C)[C@H]2CC[C@]1(C)/C(=N/NC(=O)CNC(=O)c1ccc(Br)cc1)C2. The van der Waals surface area contributed by atoms with Crippen LogP contribution < -0.4 is 10.7 Å². The van der Waals surface area contributed by atoms with Crippen molar-refractivity contribution in [3.8, 4) is 0 Å². The number of hydrogen-bond acceptors (Lipinski definition) is 3. The van der Waals surface area contributed by atoms with Crippen LogP contribution in [0.15, 0.2) is 33.8 Å². The van der Waals surface area contributed by atoms with Crippen molar-refractivity contribution in [2.45, 2.75) is 40.0 Å². The average molecular weight is 406 g/mol. The summed E-state index contributed by atoms with van der Waals surface area (Å²) < 4.78 is 0.903.